The Bertz CT molecular complexity index is 625. The molecule has 0 saturated heterocycles. The largest absolute Gasteiger partial charge is 0.352 e. The number of aryl methyl sites for hydroxylation is 2. The lowest BCUT2D eigenvalue weighted by Gasteiger charge is -2.07. The quantitative estimate of drug-likeness (QED) is 0.598. The van der Waals surface area contributed by atoms with Crippen LogP contribution in [0.3, 0.4) is 0 Å². The summed E-state index contributed by atoms with van der Waals surface area (Å²) in [6.45, 7) is 2.62. The van der Waals surface area contributed by atoms with E-state index < -0.39 is 0 Å². The second kappa shape index (κ2) is 7.54. The van der Waals surface area contributed by atoms with Crippen LogP contribution in [0.4, 0.5) is 4.39 Å². The van der Waals surface area contributed by atoms with Crippen LogP contribution in [0.2, 0.25) is 0 Å². The van der Waals surface area contributed by atoms with Crippen molar-refractivity contribution in [2.45, 2.75) is 19.8 Å². The summed E-state index contributed by atoms with van der Waals surface area (Å²) >= 11 is 2.18. The van der Waals surface area contributed by atoms with Gasteiger partial charge in [0.25, 0.3) is 5.91 Å². The molecule has 2 aromatic carbocycles. The number of hydrogen-bond donors (Lipinski definition) is 1. The lowest BCUT2D eigenvalue weighted by Crippen LogP contribution is -2.25. The highest BCUT2D eigenvalue weighted by atomic mass is 127. The van der Waals surface area contributed by atoms with E-state index in [4.69, 9.17) is 0 Å². The first-order valence-corrected chi connectivity index (χ1v) is 7.93. The molecule has 0 unspecified atom stereocenters. The molecule has 2 rings (SSSR count). The lowest BCUT2D eigenvalue weighted by atomic mass is 10.1. The van der Waals surface area contributed by atoms with Gasteiger partial charge in [0.05, 0.1) is 5.56 Å². The maximum atomic E-state index is 12.8. The third-order valence-corrected chi connectivity index (χ3v) is 4.10. The molecule has 0 heterocycles. The minimum atomic E-state index is -0.221. The van der Waals surface area contributed by atoms with Crippen molar-refractivity contribution < 1.29 is 9.18 Å². The molecular formula is C17H17FINO. The van der Waals surface area contributed by atoms with Gasteiger partial charge >= 0.3 is 0 Å². The standard InChI is InChI=1S/C17H17FINO/c1-12-4-9-15(16(19)11-12)17(21)20-10-2-3-13-5-7-14(18)8-6-13/h4-9,11H,2-3,10H2,1H3,(H,20,21). The van der Waals surface area contributed by atoms with Crippen LogP contribution < -0.4 is 5.32 Å². The number of carbonyl (C=O) groups is 1. The first kappa shape index (κ1) is 15.9. The van der Waals surface area contributed by atoms with Gasteiger partial charge in [-0.1, -0.05) is 23.8 Å². The van der Waals surface area contributed by atoms with Crippen molar-refractivity contribution in [3.63, 3.8) is 0 Å². The van der Waals surface area contributed by atoms with Crippen molar-refractivity contribution in [3.05, 3.63) is 68.5 Å². The second-order valence-electron chi connectivity index (χ2n) is 4.97. The van der Waals surface area contributed by atoms with Crippen molar-refractivity contribution >= 4 is 28.5 Å². The van der Waals surface area contributed by atoms with Gasteiger partial charge in [-0.05, 0) is 72.2 Å². The molecule has 1 amide bonds. The topological polar surface area (TPSA) is 29.1 Å². The van der Waals surface area contributed by atoms with Gasteiger partial charge in [0.2, 0.25) is 0 Å². The SMILES string of the molecule is Cc1ccc(C(=O)NCCCc2ccc(F)cc2)c(I)c1. The van der Waals surface area contributed by atoms with E-state index in [0.717, 1.165) is 27.5 Å². The molecule has 21 heavy (non-hydrogen) atoms. The summed E-state index contributed by atoms with van der Waals surface area (Å²) in [5.74, 6) is -0.264. The average molecular weight is 397 g/mol. The highest BCUT2D eigenvalue weighted by Crippen LogP contribution is 2.14. The molecule has 0 fully saturated rings. The predicted molar refractivity (Wildman–Crippen MR) is 91.0 cm³/mol. The zero-order valence-corrected chi connectivity index (χ0v) is 14.0. The molecule has 0 aliphatic rings. The van der Waals surface area contributed by atoms with E-state index in [2.05, 4.69) is 27.9 Å². The van der Waals surface area contributed by atoms with Gasteiger partial charge in [0.1, 0.15) is 5.82 Å². The van der Waals surface area contributed by atoms with Crippen LogP contribution in [0.15, 0.2) is 42.5 Å². The minimum absolute atomic E-state index is 0.0430. The number of benzene rings is 2. The number of carbonyl (C=O) groups excluding carboxylic acids is 1. The number of nitrogens with one attached hydrogen (secondary N) is 1. The maximum Gasteiger partial charge on any atom is 0.252 e. The first-order valence-electron chi connectivity index (χ1n) is 6.85. The van der Waals surface area contributed by atoms with Crippen molar-refractivity contribution in [1.82, 2.24) is 5.32 Å². The van der Waals surface area contributed by atoms with E-state index in [9.17, 15) is 9.18 Å². The van der Waals surface area contributed by atoms with Gasteiger partial charge in [-0.25, -0.2) is 4.39 Å². The molecule has 4 heteroatoms. The molecule has 0 aromatic heterocycles. The fourth-order valence-electron chi connectivity index (χ4n) is 2.05. The van der Waals surface area contributed by atoms with E-state index in [1.807, 2.05) is 25.1 Å². The van der Waals surface area contributed by atoms with Crippen LogP contribution >= 0.6 is 22.6 Å². The zero-order chi connectivity index (χ0) is 15.2. The van der Waals surface area contributed by atoms with Gasteiger partial charge in [-0.15, -0.1) is 0 Å². The van der Waals surface area contributed by atoms with E-state index in [1.54, 1.807) is 12.1 Å². The Balaban J connectivity index is 1.80. The fourth-order valence-corrected chi connectivity index (χ4v) is 2.96. The van der Waals surface area contributed by atoms with Crippen LogP contribution in [0.1, 0.15) is 27.9 Å². The van der Waals surface area contributed by atoms with Crippen molar-refractivity contribution in [2.24, 2.45) is 0 Å². The van der Waals surface area contributed by atoms with Gasteiger partial charge < -0.3 is 5.32 Å². The predicted octanol–water partition coefficient (Wildman–Crippen LogP) is 4.10. The third-order valence-electron chi connectivity index (χ3n) is 3.21. The highest BCUT2D eigenvalue weighted by Gasteiger charge is 2.08. The normalized spacial score (nSPS) is 10.4. The van der Waals surface area contributed by atoms with E-state index in [-0.39, 0.29) is 11.7 Å². The third kappa shape index (κ3) is 4.81. The number of amides is 1. The van der Waals surface area contributed by atoms with Gasteiger partial charge in [0.15, 0.2) is 0 Å². The molecule has 110 valence electrons. The molecule has 0 aliphatic heterocycles. The van der Waals surface area contributed by atoms with Crippen LogP contribution in [0.5, 0.6) is 0 Å². The Morgan fingerprint density at radius 1 is 1.19 bits per heavy atom. The summed E-state index contributed by atoms with van der Waals surface area (Å²) in [5, 5.41) is 2.92. The van der Waals surface area contributed by atoms with Crippen molar-refractivity contribution in [3.8, 4) is 0 Å². The zero-order valence-electron chi connectivity index (χ0n) is 11.8. The summed E-state index contributed by atoms with van der Waals surface area (Å²) in [5.41, 5.74) is 2.94. The maximum absolute atomic E-state index is 12.8. The average Bonchev–Trinajstić information content (AvgIpc) is 2.45. The van der Waals surface area contributed by atoms with Crippen molar-refractivity contribution in [2.75, 3.05) is 6.54 Å². The summed E-state index contributed by atoms with van der Waals surface area (Å²) in [6, 6.07) is 12.3. The van der Waals surface area contributed by atoms with Crippen LogP contribution in [0.25, 0.3) is 0 Å². The van der Waals surface area contributed by atoms with Crippen molar-refractivity contribution in [1.29, 1.82) is 0 Å². The number of rotatable bonds is 5. The molecule has 0 atom stereocenters. The minimum Gasteiger partial charge on any atom is -0.352 e. The second-order valence-corrected chi connectivity index (χ2v) is 6.13. The summed E-state index contributed by atoms with van der Waals surface area (Å²) in [6.07, 6.45) is 1.66. The van der Waals surface area contributed by atoms with Gasteiger partial charge in [-0.2, -0.15) is 0 Å². The number of halogens is 2. The Hall–Kier alpha value is -1.43. The molecule has 0 bridgehead atoms. The molecule has 0 spiro atoms. The molecule has 2 aromatic rings. The Morgan fingerprint density at radius 3 is 2.57 bits per heavy atom. The molecule has 1 N–H and O–H groups in total. The molecule has 2 nitrogen and oxygen atoms in total. The van der Waals surface area contributed by atoms with E-state index >= 15 is 0 Å². The highest BCUT2D eigenvalue weighted by molar-refractivity contribution is 14.1. The monoisotopic (exact) mass is 397 g/mol. The van der Waals surface area contributed by atoms with Gasteiger partial charge in [-0.3, -0.25) is 4.79 Å². The van der Waals surface area contributed by atoms with Crippen LogP contribution in [-0.2, 0) is 6.42 Å². The van der Waals surface area contributed by atoms with Crippen LogP contribution in [-0.4, -0.2) is 12.5 Å². The van der Waals surface area contributed by atoms with E-state index in [0.29, 0.717) is 12.1 Å². The smallest absolute Gasteiger partial charge is 0.252 e. The Kier molecular flexibility index (Phi) is 5.73. The van der Waals surface area contributed by atoms with Gasteiger partial charge in [0, 0.05) is 10.1 Å². The van der Waals surface area contributed by atoms with E-state index in [1.165, 1.54) is 12.1 Å². The fraction of sp³-hybridized carbons (Fsp3) is 0.235. The Labute approximate surface area is 137 Å². The molecule has 0 saturated carbocycles. The Morgan fingerprint density at radius 2 is 1.90 bits per heavy atom. The van der Waals surface area contributed by atoms with Crippen LogP contribution in [0, 0.1) is 16.3 Å². The summed E-state index contributed by atoms with van der Waals surface area (Å²) < 4.78 is 13.7. The summed E-state index contributed by atoms with van der Waals surface area (Å²) in [7, 11) is 0. The number of hydrogen-bond acceptors (Lipinski definition) is 1. The molecule has 0 radical (unpaired) electrons. The molecule has 0 aliphatic carbocycles. The lowest BCUT2D eigenvalue weighted by molar-refractivity contribution is 0.0952. The first-order chi connectivity index (χ1) is 10.1. The molecular weight excluding hydrogens is 380 g/mol. The summed E-state index contributed by atoms with van der Waals surface area (Å²) in [4.78, 5) is 12.1.